The molecule has 1 aliphatic carbocycles. The number of amides is 1. The summed E-state index contributed by atoms with van der Waals surface area (Å²) in [5.41, 5.74) is 2.88. The molecular weight excluding hydrogens is 454 g/mol. The highest BCUT2D eigenvalue weighted by molar-refractivity contribution is 6.00. The molecule has 6 rings (SSSR count). The maximum Gasteiger partial charge on any atom is 0.229 e. The molecule has 186 valence electrons. The molecule has 1 aromatic carbocycles. The van der Waals surface area contributed by atoms with Crippen LogP contribution in [0.3, 0.4) is 0 Å². The molecule has 2 N–H and O–H groups in total. The van der Waals surface area contributed by atoms with Gasteiger partial charge in [0.25, 0.3) is 0 Å². The summed E-state index contributed by atoms with van der Waals surface area (Å²) in [6, 6.07) is 8.03. The summed E-state index contributed by atoms with van der Waals surface area (Å²) >= 11 is 0. The van der Waals surface area contributed by atoms with E-state index in [2.05, 4.69) is 34.0 Å². The summed E-state index contributed by atoms with van der Waals surface area (Å²) in [6.45, 7) is 7.87. The minimum Gasteiger partial charge on any atom is -0.436 e. The number of piperidine rings is 1. The maximum atomic E-state index is 12.3. The van der Waals surface area contributed by atoms with Crippen molar-refractivity contribution in [2.45, 2.75) is 58.1 Å². The molecule has 1 aliphatic heterocycles. The summed E-state index contributed by atoms with van der Waals surface area (Å²) in [4.78, 5) is 28.4. The van der Waals surface area contributed by atoms with E-state index in [0.717, 1.165) is 59.8 Å². The molecule has 0 radical (unpaired) electrons. The van der Waals surface area contributed by atoms with Crippen LogP contribution < -0.4 is 5.32 Å². The molecule has 8 heteroatoms. The minimum atomic E-state index is -0.908. The molecule has 1 atom stereocenters. The number of carbonyl (C=O) groups is 1. The number of anilines is 1. The van der Waals surface area contributed by atoms with Gasteiger partial charge in [0.2, 0.25) is 11.8 Å². The number of aryl methyl sites for hydroxylation is 1. The predicted octanol–water partition coefficient (Wildman–Crippen LogP) is 4.79. The van der Waals surface area contributed by atoms with Gasteiger partial charge < -0.3 is 14.8 Å². The van der Waals surface area contributed by atoms with E-state index in [-0.39, 0.29) is 11.8 Å². The Kier molecular flexibility index (Phi) is 5.53. The average Bonchev–Trinajstić information content (AvgIpc) is 3.63. The van der Waals surface area contributed by atoms with Gasteiger partial charge >= 0.3 is 0 Å². The fourth-order valence-electron chi connectivity index (χ4n) is 5.16. The predicted molar refractivity (Wildman–Crippen MR) is 138 cm³/mol. The number of hydrogen-bond donors (Lipinski definition) is 2. The molecule has 0 unspecified atom stereocenters. The van der Waals surface area contributed by atoms with Gasteiger partial charge in [-0.2, -0.15) is 0 Å². The summed E-state index contributed by atoms with van der Waals surface area (Å²) in [5.74, 6) is 1.07. The fraction of sp³-hybridized carbons (Fsp3) is 0.429. The van der Waals surface area contributed by atoms with Gasteiger partial charge in [-0.25, -0.2) is 9.97 Å². The van der Waals surface area contributed by atoms with E-state index >= 15 is 0 Å². The monoisotopic (exact) mass is 485 g/mol. The normalized spacial score (nSPS) is 20.9. The first-order valence-corrected chi connectivity index (χ1v) is 12.7. The van der Waals surface area contributed by atoms with Crippen molar-refractivity contribution >= 4 is 33.6 Å². The summed E-state index contributed by atoms with van der Waals surface area (Å²) in [7, 11) is 0. The van der Waals surface area contributed by atoms with E-state index in [4.69, 9.17) is 9.40 Å². The molecule has 8 nitrogen and oxygen atoms in total. The van der Waals surface area contributed by atoms with Gasteiger partial charge in [0, 0.05) is 47.4 Å². The van der Waals surface area contributed by atoms with Crippen LogP contribution in [-0.2, 0) is 10.4 Å². The lowest BCUT2D eigenvalue weighted by Gasteiger charge is -2.41. The Balaban J connectivity index is 1.38. The second kappa shape index (κ2) is 8.64. The molecule has 36 heavy (non-hydrogen) atoms. The first-order valence-electron chi connectivity index (χ1n) is 12.7. The Hall–Kier alpha value is -3.36. The number of fused-ring (bicyclic) bond motifs is 2. The number of nitrogens with one attached hydrogen (secondary N) is 1. The van der Waals surface area contributed by atoms with E-state index < -0.39 is 5.60 Å². The third-order valence-electron chi connectivity index (χ3n) is 7.56. The Labute approximate surface area is 209 Å². The summed E-state index contributed by atoms with van der Waals surface area (Å²) in [5, 5.41) is 16.2. The lowest BCUT2D eigenvalue weighted by Crippen LogP contribution is -2.48. The number of carbonyl (C=O) groups excluding carboxylic acids is 1. The van der Waals surface area contributed by atoms with Crippen LogP contribution in [0.15, 0.2) is 41.1 Å². The van der Waals surface area contributed by atoms with Gasteiger partial charge in [0.1, 0.15) is 16.9 Å². The molecule has 2 fully saturated rings. The van der Waals surface area contributed by atoms with E-state index in [1.807, 2.05) is 31.2 Å². The van der Waals surface area contributed by atoms with Gasteiger partial charge in [0.15, 0.2) is 5.58 Å². The lowest BCUT2D eigenvalue weighted by atomic mass is 9.85. The Morgan fingerprint density at radius 3 is 2.81 bits per heavy atom. The number of oxazole rings is 1. The average molecular weight is 486 g/mol. The second-order valence-electron chi connectivity index (χ2n) is 10.5. The number of pyridine rings is 2. The van der Waals surface area contributed by atoms with Crippen LogP contribution in [0.4, 0.5) is 5.82 Å². The smallest absolute Gasteiger partial charge is 0.229 e. The first kappa shape index (κ1) is 23.1. The molecule has 4 heterocycles. The van der Waals surface area contributed by atoms with E-state index in [9.17, 15) is 9.90 Å². The van der Waals surface area contributed by atoms with Crippen LogP contribution in [-0.4, -0.2) is 50.0 Å². The molecule has 2 aliphatic rings. The van der Waals surface area contributed by atoms with Crippen LogP contribution in [0.25, 0.3) is 33.3 Å². The number of β-amino-alcohol motifs (C(OH)–C–C–N with tert-alkyl or cyclic N) is 1. The molecule has 3 aromatic heterocycles. The maximum absolute atomic E-state index is 12.3. The Morgan fingerprint density at radius 1 is 1.19 bits per heavy atom. The quantitative estimate of drug-likeness (QED) is 0.419. The highest BCUT2D eigenvalue weighted by Crippen LogP contribution is 2.37. The number of likely N-dealkylation sites (tertiary alicyclic amines) is 1. The first-order chi connectivity index (χ1) is 17.3. The minimum absolute atomic E-state index is 0.0141. The molecule has 0 bridgehead atoms. The molecule has 1 amide bonds. The second-order valence-corrected chi connectivity index (χ2v) is 10.5. The van der Waals surface area contributed by atoms with Gasteiger partial charge in [-0.3, -0.25) is 14.7 Å². The standard InChI is InChI=1S/C28H31N5O3/c1-16(2)33-10-4-9-28(35,15-33)19-7-8-24-23(11-19)31-27(36-24)22-14-29-17(3)21-13-30-25(12-20(21)22)32-26(34)18-5-6-18/h7-8,11-14,16,18,35H,4-6,9-10,15H2,1-3H3,(H,30,32,34)/t28-/m0/s1. The number of hydrogen-bond acceptors (Lipinski definition) is 7. The van der Waals surface area contributed by atoms with Crippen molar-refractivity contribution in [3.05, 3.63) is 47.9 Å². The highest BCUT2D eigenvalue weighted by atomic mass is 16.3. The van der Waals surface area contributed by atoms with Crippen LogP contribution >= 0.6 is 0 Å². The Morgan fingerprint density at radius 2 is 2.03 bits per heavy atom. The van der Waals surface area contributed by atoms with Gasteiger partial charge in [-0.05, 0) is 76.8 Å². The fourth-order valence-corrected chi connectivity index (χ4v) is 5.16. The zero-order valence-corrected chi connectivity index (χ0v) is 20.9. The van der Waals surface area contributed by atoms with Crippen molar-refractivity contribution in [1.82, 2.24) is 19.9 Å². The van der Waals surface area contributed by atoms with Crippen molar-refractivity contribution in [1.29, 1.82) is 0 Å². The van der Waals surface area contributed by atoms with Crippen molar-refractivity contribution in [2.24, 2.45) is 5.92 Å². The van der Waals surface area contributed by atoms with E-state index in [1.54, 1.807) is 12.4 Å². The molecule has 1 saturated heterocycles. The topological polar surface area (TPSA) is 104 Å². The van der Waals surface area contributed by atoms with Crippen LogP contribution in [0.2, 0.25) is 0 Å². The van der Waals surface area contributed by atoms with E-state index in [1.165, 1.54) is 0 Å². The lowest BCUT2D eigenvalue weighted by molar-refractivity contribution is -0.117. The van der Waals surface area contributed by atoms with Crippen LogP contribution in [0.1, 0.15) is 50.8 Å². The van der Waals surface area contributed by atoms with Crippen LogP contribution in [0, 0.1) is 12.8 Å². The van der Waals surface area contributed by atoms with Crippen molar-refractivity contribution < 1.29 is 14.3 Å². The van der Waals surface area contributed by atoms with Crippen molar-refractivity contribution in [3.8, 4) is 11.5 Å². The number of aromatic nitrogens is 3. The van der Waals surface area contributed by atoms with Gasteiger partial charge in [-0.15, -0.1) is 0 Å². The number of nitrogens with zero attached hydrogens (tertiary/aromatic N) is 4. The Bertz CT molecular complexity index is 1480. The third kappa shape index (κ3) is 4.14. The third-order valence-corrected chi connectivity index (χ3v) is 7.56. The highest BCUT2D eigenvalue weighted by Gasteiger charge is 2.36. The summed E-state index contributed by atoms with van der Waals surface area (Å²) < 4.78 is 6.15. The number of rotatable bonds is 5. The van der Waals surface area contributed by atoms with Crippen molar-refractivity contribution in [3.63, 3.8) is 0 Å². The van der Waals surface area contributed by atoms with Gasteiger partial charge in [-0.1, -0.05) is 6.07 Å². The van der Waals surface area contributed by atoms with Crippen molar-refractivity contribution in [2.75, 3.05) is 18.4 Å². The largest absolute Gasteiger partial charge is 0.436 e. The zero-order chi connectivity index (χ0) is 25.0. The number of aliphatic hydroxyl groups is 1. The number of benzene rings is 1. The molecule has 0 spiro atoms. The SMILES string of the molecule is Cc1ncc(-c2nc3cc([C@]4(O)CCCN(C(C)C)C4)ccc3o2)c2cc(NC(=O)C3CC3)ncc12. The van der Waals surface area contributed by atoms with Crippen LogP contribution in [0.5, 0.6) is 0 Å². The van der Waals surface area contributed by atoms with E-state index in [0.29, 0.717) is 35.4 Å². The molecule has 1 saturated carbocycles. The molecular formula is C28H31N5O3. The summed E-state index contributed by atoms with van der Waals surface area (Å²) in [6.07, 6.45) is 7.04. The zero-order valence-electron chi connectivity index (χ0n) is 20.9. The molecule has 4 aromatic rings. The van der Waals surface area contributed by atoms with Gasteiger partial charge in [0.05, 0.1) is 5.56 Å².